The van der Waals surface area contributed by atoms with E-state index in [1.807, 2.05) is 0 Å². The first-order chi connectivity index (χ1) is 12.4. The topological polar surface area (TPSA) is 74.6 Å². The number of carbonyl (C=O) groups is 2. The van der Waals surface area contributed by atoms with Crippen molar-refractivity contribution in [3.63, 3.8) is 0 Å². The van der Waals surface area contributed by atoms with Crippen LogP contribution < -0.4 is 0 Å². The molecule has 1 aliphatic carbocycles. The first-order valence-electron chi connectivity index (χ1n) is 9.85. The molecule has 0 spiro atoms. The average molecular weight is 363 g/mol. The second kappa shape index (κ2) is 11.8. The lowest BCUT2D eigenvalue weighted by Crippen LogP contribution is -2.24. The molecule has 4 heteroatoms. The Morgan fingerprint density at radius 2 is 1.54 bits per heavy atom. The molecule has 4 unspecified atom stereocenters. The van der Waals surface area contributed by atoms with Crippen molar-refractivity contribution in [3.8, 4) is 0 Å². The van der Waals surface area contributed by atoms with Crippen LogP contribution in [0.15, 0.2) is 30.3 Å². The highest BCUT2D eigenvalue weighted by Gasteiger charge is 2.28. The Kier molecular flexibility index (Phi) is 10.2. The third-order valence-electron chi connectivity index (χ3n) is 5.46. The molecule has 0 bridgehead atoms. The summed E-state index contributed by atoms with van der Waals surface area (Å²) in [5, 5.41) is 18.8. The second-order valence-electron chi connectivity index (χ2n) is 7.33. The number of aliphatic hydroxyl groups is 1. The molecule has 1 aromatic rings. The predicted octanol–water partition coefficient (Wildman–Crippen LogP) is 5.01. The van der Waals surface area contributed by atoms with Crippen molar-refractivity contribution in [1.29, 1.82) is 0 Å². The molecule has 0 saturated heterocycles. The Morgan fingerprint density at radius 3 is 1.92 bits per heavy atom. The van der Waals surface area contributed by atoms with E-state index in [1.165, 1.54) is 45.4 Å². The van der Waals surface area contributed by atoms with Crippen LogP contribution in [0.4, 0.5) is 0 Å². The van der Waals surface area contributed by atoms with Crippen LogP contribution >= 0.6 is 0 Å². The van der Waals surface area contributed by atoms with Gasteiger partial charge in [-0.15, -0.1) is 0 Å². The van der Waals surface area contributed by atoms with Crippen LogP contribution in [0.5, 0.6) is 0 Å². The molecule has 2 N–H and O–H groups in total. The first-order valence-corrected chi connectivity index (χ1v) is 9.85. The van der Waals surface area contributed by atoms with Crippen LogP contribution in [0.2, 0.25) is 0 Å². The lowest BCUT2D eigenvalue weighted by atomic mass is 9.77. The molecule has 0 heterocycles. The number of benzene rings is 1. The molecule has 1 fully saturated rings. The van der Waals surface area contributed by atoms with Crippen molar-refractivity contribution in [1.82, 2.24) is 0 Å². The maximum atomic E-state index is 10.9. The largest absolute Gasteiger partial charge is 0.481 e. The molecule has 0 amide bonds. The minimum Gasteiger partial charge on any atom is -0.481 e. The monoisotopic (exact) mass is 362 g/mol. The Labute approximate surface area is 157 Å². The van der Waals surface area contributed by atoms with E-state index < -0.39 is 18.0 Å². The molecule has 4 atom stereocenters. The third kappa shape index (κ3) is 7.28. The van der Waals surface area contributed by atoms with Crippen LogP contribution in [0.3, 0.4) is 0 Å². The van der Waals surface area contributed by atoms with Gasteiger partial charge in [-0.2, -0.15) is 0 Å². The summed E-state index contributed by atoms with van der Waals surface area (Å²) in [5.41, 5.74) is 0.510. The van der Waals surface area contributed by atoms with Crippen molar-refractivity contribution in [2.24, 2.45) is 17.8 Å². The van der Waals surface area contributed by atoms with Gasteiger partial charge in [0.05, 0.1) is 12.0 Å². The fourth-order valence-electron chi connectivity index (χ4n) is 3.89. The number of aliphatic carboxylic acids is 1. The first kappa shape index (κ1) is 22.4. The molecule has 0 aromatic heterocycles. The fourth-order valence-corrected chi connectivity index (χ4v) is 3.89. The summed E-state index contributed by atoms with van der Waals surface area (Å²) in [7, 11) is 0. The molecular weight excluding hydrogens is 328 g/mol. The van der Waals surface area contributed by atoms with E-state index in [0.717, 1.165) is 11.8 Å². The van der Waals surface area contributed by atoms with E-state index in [4.69, 9.17) is 5.11 Å². The SMILES string of the molecule is CC(=O)CC(C(=O)O)C(O)c1ccccc1.CCC1CCCCC1CC. The lowest BCUT2D eigenvalue weighted by molar-refractivity contribution is -0.148. The minimum absolute atomic E-state index is 0.161. The smallest absolute Gasteiger partial charge is 0.309 e. The summed E-state index contributed by atoms with van der Waals surface area (Å²) in [6.45, 7) is 6.00. The molecule has 0 radical (unpaired) electrons. The zero-order valence-electron chi connectivity index (χ0n) is 16.4. The summed E-state index contributed by atoms with van der Waals surface area (Å²) < 4.78 is 0. The molecule has 2 rings (SSSR count). The minimum atomic E-state index is -1.16. The van der Waals surface area contributed by atoms with Crippen LogP contribution in [0.25, 0.3) is 0 Å². The quantitative estimate of drug-likeness (QED) is 0.715. The summed E-state index contributed by atoms with van der Waals surface area (Å²) in [6.07, 6.45) is 7.53. The van der Waals surface area contributed by atoms with Gasteiger partial charge >= 0.3 is 5.97 Å². The third-order valence-corrected chi connectivity index (χ3v) is 5.46. The number of ketones is 1. The molecule has 1 saturated carbocycles. The van der Waals surface area contributed by atoms with Crippen LogP contribution in [0, 0.1) is 17.8 Å². The second-order valence-corrected chi connectivity index (χ2v) is 7.33. The Hall–Kier alpha value is -1.68. The summed E-state index contributed by atoms with van der Waals surface area (Å²) >= 11 is 0. The van der Waals surface area contributed by atoms with Gasteiger partial charge < -0.3 is 15.0 Å². The summed E-state index contributed by atoms with van der Waals surface area (Å²) in [6, 6.07) is 8.48. The van der Waals surface area contributed by atoms with Gasteiger partial charge in [-0.05, 0) is 24.3 Å². The van der Waals surface area contributed by atoms with E-state index >= 15 is 0 Å². The summed E-state index contributed by atoms with van der Waals surface area (Å²) in [5.74, 6) is -0.355. The number of carbonyl (C=O) groups excluding carboxylic acids is 1. The van der Waals surface area contributed by atoms with Gasteiger partial charge in [0.1, 0.15) is 5.78 Å². The highest BCUT2D eigenvalue weighted by molar-refractivity contribution is 5.82. The van der Waals surface area contributed by atoms with Crippen LogP contribution in [-0.2, 0) is 9.59 Å². The van der Waals surface area contributed by atoms with Crippen molar-refractivity contribution in [2.75, 3.05) is 0 Å². The number of aliphatic hydroxyl groups excluding tert-OH is 1. The maximum Gasteiger partial charge on any atom is 0.309 e. The normalized spacial score (nSPS) is 21.8. The predicted molar refractivity (Wildman–Crippen MR) is 104 cm³/mol. The van der Waals surface area contributed by atoms with Gasteiger partial charge in [-0.25, -0.2) is 0 Å². The van der Waals surface area contributed by atoms with Gasteiger partial charge in [0.25, 0.3) is 0 Å². The van der Waals surface area contributed by atoms with E-state index in [9.17, 15) is 14.7 Å². The molecule has 1 aliphatic rings. The number of hydrogen-bond acceptors (Lipinski definition) is 3. The van der Waals surface area contributed by atoms with Gasteiger partial charge in [0.15, 0.2) is 0 Å². The molecule has 4 nitrogen and oxygen atoms in total. The Bertz CT molecular complexity index is 528. The number of rotatable bonds is 7. The van der Waals surface area contributed by atoms with E-state index in [1.54, 1.807) is 30.3 Å². The molecule has 146 valence electrons. The lowest BCUT2D eigenvalue weighted by Gasteiger charge is -2.29. The average Bonchev–Trinajstić information content (AvgIpc) is 2.66. The summed E-state index contributed by atoms with van der Waals surface area (Å²) in [4.78, 5) is 21.9. The van der Waals surface area contributed by atoms with E-state index in [2.05, 4.69) is 13.8 Å². The van der Waals surface area contributed by atoms with Gasteiger partial charge in [0.2, 0.25) is 0 Å². The van der Waals surface area contributed by atoms with E-state index in [0.29, 0.717) is 5.56 Å². The van der Waals surface area contributed by atoms with Crippen molar-refractivity contribution < 1.29 is 19.8 Å². The number of Topliss-reactive ketones (excluding diaryl/α,β-unsaturated/α-hetero) is 1. The molecule has 1 aromatic carbocycles. The highest BCUT2D eigenvalue weighted by atomic mass is 16.4. The molecular formula is C22H34O4. The number of carboxylic acid groups (broad SMARTS) is 1. The number of carboxylic acids is 1. The van der Waals surface area contributed by atoms with Gasteiger partial charge in [-0.3, -0.25) is 4.79 Å². The van der Waals surface area contributed by atoms with Crippen molar-refractivity contribution in [3.05, 3.63) is 35.9 Å². The zero-order chi connectivity index (χ0) is 19.5. The van der Waals surface area contributed by atoms with Crippen molar-refractivity contribution >= 4 is 11.8 Å². The molecule has 0 aliphatic heterocycles. The van der Waals surface area contributed by atoms with Crippen LogP contribution in [0.1, 0.15) is 77.4 Å². The van der Waals surface area contributed by atoms with Gasteiger partial charge in [-0.1, -0.05) is 82.7 Å². The number of hydrogen-bond donors (Lipinski definition) is 2. The standard InChI is InChI=1S/C12H14O4.C10H20/c1-8(13)7-10(12(15)16)11(14)9-5-3-2-4-6-9;1-3-9-7-5-6-8-10(9)4-2/h2-6,10-11,14H,7H2,1H3,(H,15,16);9-10H,3-8H2,1-2H3. The van der Waals surface area contributed by atoms with Gasteiger partial charge in [0, 0.05) is 6.42 Å². The highest BCUT2D eigenvalue weighted by Crippen LogP contribution is 2.33. The van der Waals surface area contributed by atoms with Crippen molar-refractivity contribution in [2.45, 2.75) is 71.8 Å². The van der Waals surface area contributed by atoms with Crippen LogP contribution in [-0.4, -0.2) is 22.0 Å². The Morgan fingerprint density at radius 1 is 1.04 bits per heavy atom. The Balaban J connectivity index is 0.000000289. The maximum absolute atomic E-state index is 10.9. The van der Waals surface area contributed by atoms with E-state index in [-0.39, 0.29) is 12.2 Å². The fraction of sp³-hybridized carbons (Fsp3) is 0.636. The molecule has 26 heavy (non-hydrogen) atoms. The zero-order valence-corrected chi connectivity index (χ0v) is 16.4.